The molecule has 7 nitrogen and oxygen atoms in total. The van der Waals surface area contributed by atoms with Gasteiger partial charge in [-0.2, -0.15) is 5.10 Å². The zero-order valence-electron chi connectivity index (χ0n) is 17.9. The smallest absolute Gasteiger partial charge is 0.191 e. The number of benzene rings is 1. The van der Waals surface area contributed by atoms with Gasteiger partial charge >= 0.3 is 0 Å². The van der Waals surface area contributed by atoms with E-state index in [4.69, 9.17) is 14.5 Å². The van der Waals surface area contributed by atoms with Gasteiger partial charge in [-0.05, 0) is 37.5 Å². The van der Waals surface area contributed by atoms with Gasteiger partial charge in [-0.1, -0.05) is 19.1 Å². The number of methoxy groups -OCH3 is 1. The monoisotopic (exact) mass is 515 g/mol. The highest BCUT2D eigenvalue weighted by Crippen LogP contribution is 2.21. The van der Waals surface area contributed by atoms with E-state index in [-0.39, 0.29) is 24.0 Å². The number of halogens is 1. The van der Waals surface area contributed by atoms with E-state index in [0.717, 1.165) is 42.5 Å². The quantitative estimate of drug-likeness (QED) is 0.208. The van der Waals surface area contributed by atoms with Gasteiger partial charge in [-0.25, -0.2) is 4.99 Å². The van der Waals surface area contributed by atoms with Crippen molar-refractivity contribution in [2.45, 2.75) is 33.9 Å². The Morgan fingerprint density at radius 2 is 2.10 bits per heavy atom. The van der Waals surface area contributed by atoms with Crippen molar-refractivity contribution in [3.05, 3.63) is 47.8 Å². The molecule has 1 aromatic carbocycles. The van der Waals surface area contributed by atoms with Crippen LogP contribution in [0.4, 0.5) is 0 Å². The second-order valence-corrected chi connectivity index (χ2v) is 6.86. The largest absolute Gasteiger partial charge is 0.491 e. The maximum absolute atomic E-state index is 5.86. The first-order valence-corrected chi connectivity index (χ1v) is 9.83. The van der Waals surface area contributed by atoms with Gasteiger partial charge in [-0.15, -0.1) is 24.0 Å². The third-order valence-corrected chi connectivity index (χ3v) is 4.20. The van der Waals surface area contributed by atoms with Crippen LogP contribution in [0.1, 0.15) is 25.0 Å². The van der Waals surface area contributed by atoms with Crippen molar-refractivity contribution in [1.29, 1.82) is 0 Å². The number of hydrogen-bond acceptors (Lipinski definition) is 4. The number of aromatic nitrogens is 2. The van der Waals surface area contributed by atoms with E-state index in [2.05, 4.69) is 48.6 Å². The number of rotatable bonds is 11. The van der Waals surface area contributed by atoms with Crippen LogP contribution in [0.25, 0.3) is 0 Å². The van der Waals surface area contributed by atoms with Crippen molar-refractivity contribution in [2.24, 2.45) is 10.9 Å². The topological polar surface area (TPSA) is 72.7 Å². The fourth-order valence-corrected chi connectivity index (χ4v) is 2.73. The predicted molar refractivity (Wildman–Crippen MR) is 128 cm³/mol. The molecule has 0 fully saturated rings. The molecule has 1 atom stereocenters. The number of nitrogens with one attached hydrogen (secondary N) is 2. The van der Waals surface area contributed by atoms with Gasteiger partial charge in [0.25, 0.3) is 0 Å². The lowest BCUT2D eigenvalue weighted by Crippen LogP contribution is -2.40. The molecule has 0 bridgehead atoms. The third kappa shape index (κ3) is 9.49. The molecule has 0 aliphatic carbocycles. The maximum Gasteiger partial charge on any atom is 0.191 e. The van der Waals surface area contributed by atoms with Crippen LogP contribution in [0, 0.1) is 12.8 Å². The Kier molecular flexibility index (Phi) is 12.4. The van der Waals surface area contributed by atoms with E-state index in [9.17, 15) is 0 Å². The highest BCUT2D eigenvalue weighted by molar-refractivity contribution is 14.0. The Morgan fingerprint density at radius 3 is 2.79 bits per heavy atom. The lowest BCUT2D eigenvalue weighted by molar-refractivity contribution is 0.145. The van der Waals surface area contributed by atoms with E-state index >= 15 is 0 Å². The average Bonchev–Trinajstić information content (AvgIpc) is 3.18. The molecule has 1 aromatic heterocycles. The van der Waals surface area contributed by atoms with Gasteiger partial charge in [0.05, 0.1) is 13.2 Å². The fourth-order valence-electron chi connectivity index (χ4n) is 2.73. The molecule has 8 heteroatoms. The van der Waals surface area contributed by atoms with Gasteiger partial charge in [-0.3, -0.25) is 4.68 Å². The minimum absolute atomic E-state index is 0. The van der Waals surface area contributed by atoms with Crippen molar-refractivity contribution in [1.82, 2.24) is 20.4 Å². The van der Waals surface area contributed by atoms with Crippen LogP contribution in [-0.2, 0) is 17.8 Å². The molecule has 1 heterocycles. The van der Waals surface area contributed by atoms with E-state index in [0.29, 0.717) is 25.7 Å². The number of aryl methyl sites for hydroxylation is 1. The van der Waals surface area contributed by atoms with Gasteiger partial charge in [0.1, 0.15) is 12.4 Å². The molecule has 2 rings (SSSR count). The van der Waals surface area contributed by atoms with Crippen molar-refractivity contribution in [2.75, 3.05) is 33.4 Å². The Labute approximate surface area is 191 Å². The van der Waals surface area contributed by atoms with Crippen LogP contribution in [0.5, 0.6) is 5.75 Å². The van der Waals surface area contributed by atoms with Crippen LogP contribution >= 0.6 is 24.0 Å². The molecule has 1 unspecified atom stereocenters. The van der Waals surface area contributed by atoms with Crippen LogP contribution in [0.3, 0.4) is 0 Å². The third-order valence-electron chi connectivity index (χ3n) is 4.20. The summed E-state index contributed by atoms with van der Waals surface area (Å²) in [6.07, 6.45) is 3.79. The van der Waals surface area contributed by atoms with Gasteiger partial charge in [0.2, 0.25) is 0 Å². The predicted octanol–water partition coefficient (Wildman–Crippen LogP) is 3.23. The summed E-state index contributed by atoms with van der Waals surface area (Å²) in [5.74, 6) is 2.10. The van der Waals surface area contributed by atoms with Crippen molar-refractivity contribution in [3.63, 3.8) is 0 Å². The molecule has 0 amide bonds. The Bertz CT molecular complexity index is 722. The van der Waals surface area contributed by atoms with Crippen molar-refractivity contribution in [3.8, 4) is 5.75 Å². The standard InChI is InChI=1S/C21H33N5O2.HI/c1-5-22-21(23-14-18(3)16-26-10-6-9-25-26)24-15-19-8-7-17(2)13-20(19)28-12-11-27-4;/h6-10,13,18H,5,11-12,14-16H2,1-4H3,(H2,22,23,24);1H. The minimum Gasteiger partial charge on any atom is -0.491 e. The number of ether oxygens (including phenoxy) is 2. The summed E-state index contributed by atoms with van der Waals surface area (Å²) in [5, 5.41) is 11.0. The van der Waals surface area contributed by atoms with Gasteiger partial charge in [0, 0.05) is 44.7 Å². The number of guanidine groups is 1. The molecule has 0 saturated heterocycles. The second-order valence-electron chi connectivity index (χ2n) is 6.86. The molecule has 0 saturated carbocycles. The molecule has 0 aliphatic heterocycles. The summed E-state index contributed by atoms with van der Waals surface area (Å²) in [6.45, 7) is 10.5. The summed E-state index contributed by atoms with van der Waals surface area (Å²) >= 11 is 0. The molecule has 2 aromatic rings. The zero-order chi connectivity index (χ0) is 20.2. The molecule has 0 spiro atoms. The van der Waals surface area contributed by atoms with E-state index in [1.807, 2.05) is 23.0 Å². The first kappa shape index (κ1) is 25.2. The first-order chi connectivity index (χ1) is 13.6. The summed E-state index contributed by atoms with van der Waals surface area (Å²) in [7, 11) is 1.67. The van der Waals surface area contributed by atoms with Crippen molar-refractivity contribution < 1.29 is 9.47 Å². The van der Waals surface area contributed by atoms with Gasteiger partial charge in [0.15, 0.2) is 5.96 Å². The summed E-state index contributed by atoms with van der Waals surface area (Å²) in [4.78, 5) is 4.73. The lowest BCUT2D eigenvalue weighted by Gasteiger charge is -2.16. The van der Waals surface area contributed by atoms with E-state index in [1.54, 1.807) is 13.3 Å². The van der Waals surface area contributed by atoms with Crippen LogP contribution < -0.4 is 15.4 Å². The normalized spacial score (nSPS) is 12.2. The zero-order valence-corrected chi connectivity index (χ0v) is 20.2. The lowest BCUT2D eigenvalue weighted by atomic mass is 10.1. The molecule has 2 N–H and O–H groups in total. The Morgan fingerprint density at radius 1 is 1.28 bits per heavy atom. The summed E-state index contributed by atoms with van der Waals surface area (Å²) in [5.41, 5.74) is 2.22. The average molecular weight is 515 g/mol. The SMILES string of the molecule is CCNC(=NCc1ccc(C)cc1OCCOC)NCC(C)Cn1cccn1.I. The Hall–Kier alpha value is -1.81. The van der Waals surface area contributed by atoms with Crippen LogP contribution in [-0.4, -0.2) is 49.2 Å². The van der Waals surface area contributed by atoms with Gasteiger partial charge < -0.3 is 20.1 Å². The second kappa shape index (κ2) is 14.2. The Balaban J connectivity index is 0.00000420. The maximum atomic E-state index is 5.86. The van der Waals surface area contributed by atoms with Crippen LogP contribution in [0.2, 0.25) is 0 Å². The molecular weight excluding hydrogens is 481 g/mol. The van der Waals surface area contributed by atoms with Crippen LogP contribution in [0.15, 0.2) is 41.7 Å². The number of aliphatic imine (C=N–C) groups is 1. The number of hydrogen-bond donors (Lipinski definition) is 2. The fraction of sp³-hybridized carbons (Fsp3) is 0.524. The highest BCUT2D eigenvalue weighted by atomic mass is 127. The highest BCUT2D eigenvalue weighted by Gasteiger charge is 2.07. The van der Waals surface area contributed by atoms with Crippen molar-refractivity contribution >= 4 is 29.9 Å². The minimum atomic E-state index is 0. The number of nitrogens with zero attached hydrogens (tertiary/aromatic N) is 3. The molecule has 0 aliphatic rings. The molecule has 29 heavy (non-hydrogen) atoms. The summed E-state index contributed by atoms with van der Waals surface area (Å²) in [6, 6.07) is 8.15. The molecule has 0 radical (unpaired) electrons. The van der Waals surface area contributed by atoms with E-state index in [1.165, 1.54) is 0 Å². The molecular formula is C21H34IN5O2. The molecule has 162 valence electrons. The summed E-state index contributed by atoms with van der Waals surface area (Å²) < 4.78 is 12.9. The van der Waals surface area contributed by atoms with E-state index < -0.39 is 0 Å². The first-order valence-electron chi connectivity index (χ1n) is 9.83.